The zero-order valence-electron chi connectivity index (χ0n) is 10.3. The highest BCUT2D eigenvalue weighted by Crippen LogP contribution is 2.35. The third-order valence-electron chi connectivity index (χ3n) is 4.01. The van der Waals surface area contributed by atoms with E-state index in [-0.39, 0.29) is 16.9 Å². The van der Waals surface area contributed by atoms with Gasteiger partial charge in [-0.15, -0.1) is 0 Å². The summed E-state index contributed by atoms with van der Waals surface area (Å²) in [5, 5.41) is 3.75. The molecule has 4 heteroatoms. The SMILES string of the molecule is CC(NC1CC2CCC1O2)c1ccc(F)c(Cl)c1. The Bertz CT molecular complexity index is 453. The number of rotatable bonds is 3. The van der Waals surface area contributed by atoms with Gasteiger partial charge in [0.1, 0.15) is 5.82 Å². The van der Waals surface area contributed by atoms with Gasteiger partial charge in [0.05, 0.1) is 17.2 Å². The van der Waals surface area contributed by atoms with Crippen LogP contribution in [0.1, 0.15) is 37.8 Å². The van der Waals surface area contributed by atoms with Gasteiger partial charge in [-0.25, -0.2) is 4.39 Å². The van der Waals surface area contributed by atoms with Crippen LogP contribution >= 0.6 is 11.6 Å². The molecule has 18 heavy (non-hydrogen) atoms. The van der Waals surface area contributed by atoms with Gasteiger partial charge < -0.3 is 10.1 Å². The van der Waals surface area contributed by atoms with Crippen molar-refractivity contribution >= 4 is 11.6 Å². The minimum atomic E-state index is -0.365. The van der Waals surface area contributed by atoms with Crippen molar-refractivity contribution < 1.29 is 9.13 Å². The molecule has 1 N–H and O–H groups in total. The monoisotopic (exact) mass is 269 g/mol. The van der Waals surface area contributed by atoms with Crippen molar-refractivity contribution in [1.82, 2.24) is 5.32 Å². The molecule has 2 bridgehead atoms. The first-order chi connectivity index (χ1) is 8.63. The fraction of sp³-hybridized carbons (Fsp3) is 0.571. The summed E-state index contributed by atoms with van der Waals surface area (Å²) in [6.45, 7) is 2.08. The van der Waals surface area contributed by atoms with Gasteiger partial charge in [-0.3, -0.25) is 0 Å². The van der Waals surface area contributed by atoms with Crippen LogP contribution in [-0.2, 0) is 4.74 Å². The summed E-state index contributed by atoms with van der Waals surface area (Å²) in [7, 11) is 0. The van der Waals surface area contributed by atoms with E-state index in [1.807, 2.05) is 0 Å². The van der Waals surface area contributed by atoms with E-state index in [0.29, 0.717) is 18.2 Å². The van der Waals surface area contributed by atoms with Gasteiger partial charge in [-0.05, 0) is 43.9 Å². The van der Waals surface area contributed by atoms with Gasteiger partial charge in [0.15, 0.2) is 0 Å². The zero-order chi connectivity index (χ0) is 12.7. The molecule has 2 nitrogen and oxygen atoms in total. The summed E-state index contributed by atoms with van der Waals surface area (Å²) in [4.78, 5) is 0. The Hall–Kier alpha value is -0.640. The molecule has 3 rings (SSSR count). The van der Waals surface area contributed by atoms with Crippen molar-refractivity contribution in [3.05, 3.63) is 34.6 Å². The molecule has 4 atom stereocenters. The number of benzene rings is 1. The molecule has 2 aliphatic rings. The molecule has 2 fully saturated rings. The average Bonchev–Trinajstić information content (AvgIpc) is 2.94. The van der Waals surface area contributed by atoms with Crippen LogP contribution in [0.3, 0.4) is 0 Å². The Labute approximate surface area is 111 Å². The van der Waals surface area contributed by atoms with Gasteiger partial charge in [0.25, 0.3) is 0 Å². The predicted octanol–water partition coefficient (Wildman–Crippen LogP) is 3.45. The van der Waals surface area contributed by atoms with Crippen LogP contribution in [-0.4, -0.2) is 18.2 Å². The van der Waals surface area contributed by atoms with Gasteiger partial charge in [0, 0.05) is 12.1 Å². The minimum absolute atomic E-state index is 0.163. The largest absolute Gasteiger partial charge is 0.373 e. The number of ether oxygens (including phenoxy) is 1. The predicted molar refractivity (Wildman–Crippen MR) is 69.3 cm³/mol. The molecule has 0 aliphatic carbocycles. The van der Waals surface area contributed by atoms with Gasteiger partial charge in [-0.2, -0.15) is 0 Å². The normalized spacial score (nSPS) is 31.8. The van der Waals surface area contributed by atoms with E-state index in [4.69, 9.17) is 16.3 Å². The lowest BCUT2D eigenvalue weighted by Gasteiger charge is -2.25. The van der Waals surface area contributed by atoms with Crippen LogP contribution in [0.15, 0.2) is 18.2 Å². The van der Waals surface area contributed by atoms with E-state index in [0.717, 1.165) is 18.4 Å². The van der Waals surface area contributed by atoms with Crippen LogP contribution in [0.25, 0.3) is 0 Å². The second-order valence-electron chi connectivity index (χ2n) is 5.28. The average molecular weight is 270 g/mol. The van der Waals surface area contributed by atoms with E-state index in [2.05, 4.69) is 12.2 Å². The molecule has 0 radical (unpaired) electrons. The highest BCUT2D eigenvalue weighted by Gasteiger charge is 2.40. The number of hydrogen-bond acceptors (Lipinski definition) is 2. The number of fused-ring (bicyclic) bond motifs is 2. The minimum Gasteiger partial charge on any atom is -0.373 e. The van der Waals surface area contributed by atoms with E-state index in [1.54, 1.807) is 12.1 Å². The quantitative estimate of drug-likeness (QED) is 0.907. The molecule has 1 aromatic carbocycles. The summed E-state index contributed by atoms with van der Waals surface area (Å²) >= 11 is 5.81. The molecule has 1 aromatic rings. The molecule has 4 unspecified atom stereocenters. The Morgan fingerprint density at radius 1 is 1.44 bits per heavy atom. The topological polar surface area (TPSA) is 21.3 Å². The van der Waals surface area contributed by atoms with Crippen LogP contribution in [0, 0.1) is 5.82 Å². The fourth-order valence-corrected chi connectivity index (χ4v) is 3.20. The molecule has 2 saturated heterocycles. The van der Waals surface area contributed by atoms with Crippen LogP contribution < -0.4 is 5.32 Å². The van der Waals surface area contributed by atoms with E-state index in [9.17, 15) is 4.39 Å². The van der Waals surface area contributed by atoms with Crippen LogP contribution in [0.5, 0.6) is 0 Å². The number of nitrogens with one attached hydrogen (secondary N) is 1. The van der Waals surface area contributed by atoms with Gasteiger partial charge in [-0.1, -0.05) is 17.7 Å². The van der Waals surface area contributed by atoms with Crippen molar-refractivity contribution in [1.29, 1.82) is 0 Å². The Morgan fingerprint density at radius 2 is 2.28 bits per heavy atom. The summed E-state index contributed by atoms with van der Waals surface area (Å²) in [6, 6.07) is 5.49. The smallest absolute Gasteiger partial charge is 0.141 e. The summed E-state index contributed by atoms with van der Waals surface area (Å²) in [6.07, 6.45) is 4.23. The van der Waals surface area contributed by atoms with E-state index in [1.165, 1.54) is 12.5 Å². The van der Waals surface area contributed by atoms with E-state index >= 15 is 0 Å². The summed E-state index contributed by atoms with van der Waals surface area (Å²) in [5.41, 5.74) is 1.02. The Morgan fingerprint density at radius 3 is 2.89 bits per heavy atom. The first-order valence-electron chi connectivity index (χ1n) is 6.50. The highest BCUT2D eigenvalue weighted by atomic mass is 35.5. The van der Waals surface area contributed by atoms with Gasteiger partial charge >= 0.3 is 0 Å². The molecular formula is C14H17ClFNO. The molecule has 0 amide bonds. The van der Waals surface area contributed by atoms with Crippen LogP contribution in [0.2, 0.25) is 5.02 Å². The van der Waals surface area contributed by atoms with Crippen LogP contribution in [0.4, 0.5) is 4.39 Å². The summed E-state index contributed by atoms with van der Waals surface area (Å²) < 4.78 is 18.9. The van der Waals surface area contributed by atoms with Crippen molar-refractivity contribution in [2.45, 2.75) is 50.5 Å². The molecule has 98 valence electrons. The maximum Gasteiger partial charge on any atom is 0.141 e. The molecule has 0 spiro atoms. The summed E-state index contributed by atoms with van der Waals surface area (Å²) in [5.74, 6) is -0.365. The molecular weight excluding hydrogens is 253 g/mol. The zero-order valence-corrected chi connectivity index (χ0v) is 11.1. The standard InChI is InChI=1S/C14H17ClFNO/c1-8(9-2-4-12(16)11(15)6-9)17-13-7-10-3-5-14(13)18-10/h2,4,6,8,10,13-14,17H,3,5,7H2,1H3. The maximum absolute atomic E-state index is 13.1. The number of halogens is 2. The van der Waals surface area contributed by atoms with E-state index < -0.39 is 0 Å². The lowest BCUT2D eigenvalue weighted by atomic mass is 9.94. The second-order valence-corrected chi connectivity index (χ2v) is 5.69. The molecule has 0 saturated carbocycles. The van der Waals surface area contributed by atoms with Crippen molar-refractivity contribution in [2.24, 2.45) is 0 Å². The lowest BCUT2D eigenvalue weighted by Crippen LogP contribution is -2.38. The number of hydrogen-bond donors (Lipinski definition) is 1. The Kier molecular flexibility index (Phi) is 3.31. The van der Waals surface area contributed by atoms with Crippen molar-refractivity contribution in [3.63, 3.8) is 0 Å². The Balaban J connectivity index is 1.67. The van der Waals surface area contributed by atoms with Crippen molar-refractivity contribution in [3.8, 4) is 0 Å². The van der Waals surface area contributed by atoms with Gasteiger partial charge in [0.2, 0.25) is 0 Å². The first kappa shape index (κ1) is 12.4. The maximum atomic E-state index is 13.1. The second kappa shape index (κ2) is 4.80. The fourth-order valence-electron chi connectivity index (χ4n) is 3.01. The molecule has 0 aromatic heterocycles. The third-order valence-corrected chi connectivity index (χ3v) is 4.30. The first-order valence-corrected chi connectivity index (χ1v) is 6.88. The lowest BCUT2D eigenvalue weighted by molar-refractivity contribution is 0.0962. The molecule has 2 heterocycles. The third kappa shape index (κ3) is 2.27. The van der Waals surface area contributed by atoms with Crippen molar-refractivity contribution in [2.75, 3.05) is 0 Å². The molecule has 2 aliphatic heterocycles. The highest BCUT2D eigenvalue weighted by molar-refractivity contribution is 6.30.